The molecule has 0 atom stereocenters. The van der Waals surface area contributed by atoms with Gasteiger partial charge in [0.2, 0.25) is 11.8 Å². The van der Waals surface area contributed by atoms with Crippen molar-refractivity contribution in [2.24, 2.45) is 5.41 Å². The Morgan fingerprint density at radius 1 is 1.08 bits per heavy atom. The van der Waals surface area contributed by atoms with Crippen molar-refractivity contribution >= 4 is 34.8 Å². The van der Waals surface area contributed by atoms with Gasteiger partial charge in [-0.05, 0) is 44.5 Å². The number of ether oxygens (including phenoxy) is 1. The SMILES string of the molecule is COc1cc(Cl)c(C)cc1NC(=O)C(C)(C)C(=O)Nc1ccccc1F. The minimum absolute atomic E-state index is 0.0123. The molecule has 0 unspecified atom stereocenters. The lowest BCUT2D eigenvalue weighted by Gasteiger charge is -2.23. The van der Waals surface area contributed by atoms with Crippen molar-refractivity contribution in [2.45, 2.75) is 20.8 Å². The Morgan fingerprint density at radius 2 is 1.65 bits per heavy atom. The smallest absolute Gasteiger partial charge is 0.239 e. The predicted octanol–water partition coefficient (Wildman–Crippen LogP) is 4.40. The molecule has 2 amide bonds. The van der Waals surface area contributed by atoms with E-state index in [2.05, 4.69) is 10.6 Å². The average Bonchev–Trinajstić information content (AvgIpc) is 2.59. The maximum Gasteiger partial charge on any atom is 0.239 e. The van der Waals surface area contributed by atoms with Gasteiger partial charge < -0.3 is 15.4 Å². The van der Waals surface area contributed by atoms with Crippen LogP contribution in [0, 0.1) is 18.2 Å². The molecule has 0 heterocycles. The van der Waals surface area contributed by atoms with Crippen molar-refractivity contribution in [1.82, 2.24) is 0 Å². The summed E-state index contributed by atoms with van der Waals surface area (Å²) in [5, 5.41) is 5.61. The van der Waals surface area contributed by atoms with E-state index < -0.39 is 23.0 Å². The third-order valence-corrected chi connectivity index (χ3v) is 4.39. The van der Waals surface area contributed by atoms with Gasteiger partial charge in [0.1, 0.15) is 17.0 Å². The monoisotopic (exact) mass is 378 g/mol. The van der Waals surface area contributed by atoms with Crippen LogP contribution in [0.1, 0.15) is 19.4 Å². The highest BCUT2D eigenvalue weighted by molar-refractivity contribution is 6.31. The molecule has 0 aliphatic rings. The first-order valence-corrected chi connectivity index (χ1v) is 8.26. The van der Waals surface area contributed by atoms with Crippen LogP contribution in [0.15, 0.2) is 36.4 Å². The van der Waals surface area contributed by atoms with E-state index in [4.69, 9.17) is 16.3 Å². The normalized spacial score (nSPS) is 11.0. The summed E-state index contributed by atoms with van der Waals surface area (Å²) in [6, 6.07) is 8.99. The van der Waals surface area contributed by atoms with Crippen LogP contribution in [0.2, 0.25) is 5.02 Å². The van der Waals surface area contributed by atoms with Crippen LogP contribution in [-0.2, 0) is 9.59 Å². The molecule has 2 aromatic rings. The number of anilines is 2. The maximum absolute atomic E-state index is 13.7. The Kier molecular flexibility index (Phi) is 5.87. The first-order chi connectivity index (χ1) is 12.2. The Balaban J connectivity index is 2.21. The van der Waals surface area contributed by atoms with Gasteiger partial charge in [-0.1, -0.05) is 23.7 Å². The van der Waals surface area contributed by atoms with E-state index in [0.717, 1.165) is 5.56 Å². The fraction of sp³-hybridized carbons (Fsp3) is 0.263. The number of hydrogen-bond donors (Lipinski definition) is 2. The minimum atomic E-state index is -1.46. The summed E-state index contributed by atoms with van der Waals surface area (Å²) in [6.07, 6.45) is 0. The lowest BCUT2D eigenvalue weighted by Crippen LogP contribution is -2.41. The number of carbonyl (C=O) groups is 2. The average molecular weight is 379 g/mol. The molecular weight excluding hydrogens is 359 g/mol. The van der Waals surface area contributed by atoms with Crippen LogP contribution >= 0.6 is 11.6 Å². The largest absolute Gasteiger partial charge is 0.495 e. The first-order valence-electron chi connectivity index (χ1n) is 7.88. The summed E-state index contributed by atoms with van der Waals surface area (Å²) in [5.74, 6) is -1.40. The molecule has 0 aliphatic heterocycles. The molecule has 0 saturated heterocycles. The molecule has 0 bridgehead atoms. The van der Waals surface area contributed by atoms with Crippen molar-refractivity contribution < 1.29 is 18.7 Å². The van der Waals surface area contributed by atoms with Gasteiger partial charge >= 0.3 is 0 Å². The number of para-hydroxylation sites is 1. The number of halogens is 2. The lowest BCUT2D eigenvalue weighted by molar-refractivity contribution is -0.135. The zero-order chi connectivity index (χ0) is 19.5. The van der Waals surface area contributed by atoms with E-state index in [1.54, 1.807) is 25.1 Å². The molecule has 0 fully saturated rings. The van der Waals surface area contributed by atoms with Crippen LogP contribution in [-0.4, -0.2) is 18.9 Å². The topological polar surface area (TPSA) is 67.4 Å². The number of rotatable bonds is 5. The summed E-state index contributed by atoms with van der Waals surface area (Å²) in [5.41, 5.74) is -0.304. The van der Waals surface area contributed by atoms with Crippen molar-refractivity contribution in [3.63, 3.8) is 0 Å². The lowest BCUT2D eigenvalue weighted by atomic mass is 9.90. The van der Waals surface area contributed by atoms with Crippen LogP contribution in [0.5, 0.6) is 5.75 Å². The van der Waals surface area contributed by atoms with E-state index in [-0.39, 0.29) is 5.69 Å². The molecule has 0 saturated carbocycles. The van der Waals surface area contributed by atoms with Gasteiger partial charge in [0.25, 0.3) is 0 Å². The van der Waals surface area contributed by atoms with Crippen LogP contribution in [0.3, 0.4) is 0 Å². The summed E-state index contributed by atoms with van der Waals surface area (Å²) < 4.78 is 18.9. The van der Waals surface area contributed by atoms with E-state index in [9.17, 15) is 14.0 Å². The number of aryl methyl sites for hydroxylation is 1. The number of hydrogen-bond acceptors (Lipinski definition) is 3. The number of amides is 2. The Hall–Kier alpha value is -2.60. The number of nitrogens with one attached hydrogen (secondary N) is 2. The van der Waals surface area contributed by atoms with Gasteiger partial charge in [0.15, 0.2) is 0 Å². The van der Waals surface area contributed by atoms with Crippen molar-refractivity contribution in [2.75, 3.05) is 17.7 Å². The highest BCUT2D eigenvalue weighted by Gasteiger charge is 2.37. The zero-order valence-corrected chi connectivity index (χ0v) is 15.7. The molecule has 26 heavy (non-hydrogen) atoms. The maximum atomic E-state index is 13.7. The Labute approximate surface area is 156 Å². The zero-order valence-electron chi connectivity index (χ0n) is 14.9. The second kappa shape index (κ2) is 7.74. The summed E-state index contributed by atoms with van der Waals surface area (Å²) >= 11 is 6.05. The molecule has 2 rings (SSSR count). The quantitative estimate of drug-likeness (QED) is 0.758. The minimum Gasteiger partial charge on any atom is -0.495 e. The second-order valence-corrected chi connectivity index (χ2v) is 6.72. The highest BCUT2D eigenvalue weighted by atomic mass is 35.5. The summed E-state index contributed by atoms with van der Waals surface area (Å²) in [7, 11) is 1.45. The Bertz CT molecular complexity index is 853. The fourth-order valence-electron chi connectivity index (χ4n) is 2.15. The fourth-order valence-corrected chi connectivity index (χ4v) is 2.31. The standard InChI is InChI=1S/C19H20ClFN2O3/c1-11-9-15(16(26-4)10-12(11)20)23-18(25)19(2,3)17(24)22-14-8-6-5-7-13(14)21/h5-10H,1-4H3,(H,22,24)(H,23,25). The number of benzene rings is 2. The van der Waals surface area contributed by atoms with E-state index >= 15 is 0 Å². The van der Waals surface area contributed by atoms with Crippen molar-refractivity contribution in [3.8, 4) is 5.75 Å². The third-order valence-electron chi connectivity index (χ3n) is 3.99. The van der Waals surface area contributed by atoms with Gasteiger partial charge in [0, 0.05) is 11.1 Å². The molecule has 2 N–H and O–H groups in total. The van der Waals surface area contributed by atoms with Crippen LogP contribution in [0.4, 0.5) is 15.8 Å². The van der Waals surface area contributed by atoms with Crippen molar-refractivity contribution in [3.05, 3.63) is 52.8 Å². The molecule has 2 aromatic carbocycles. The predicted molar refractivity (Wildman–Crippen MR) is 100 cm³/mol. The molecule has 5 nitrogen and oxygen atoms in total. The summed E-state index contributed by atoms with van der Waals surface area (Å²) in [6.45, 7) is 4.69. The molecule has 138 valence electrons. The third kappa shape index (κ3) is 4.14. The van der Waals surface area contributed by atoms with E-state index in [0.29, 0.717) is 16.5 Å². The first kappa shape index (κ1) is 19.7. The molecule has 0 spiro atoms. The molecular formula is C19H20ClFN2O3. The van der Waals surface area contributed by atoms with E-state index in [1.165, 1.54) is 39.2 Å². The molecule has 0 aromatic heterocycles. The Morgan fingerprint density at radius 3 is 2.23 bits per heavy atom. The molecule has 0 radical (unpaired) electrons. The van der Waals surface area contributed by atoms with Gasteiger partial charge in [-0.15, -0.1) is 0 Å². The van der Waals surface area contributed by atoms with Gasteiger partial charge in [-0.25, -0.2) is 4.39 Å². The van der Waals surface area contributed by atoms with Crippen molar-refractivity contribution in [1.29, 1.82) is 0 Å². The van der Waals surface area contributed by atoms with Gasteiger partial charge in [-0.3, -0.25) is 9.59 Å². The highest BCUT2D eigenvalue weighted by Crippen LogP contribution is 2.32. The van der Waals surface area contributed by atoms with Crippen LogP contribution in [0.25, 0.3) is 0 Å². The molecule has 7 heteroatoms. The number of carbonyl (C=O) groups excluding carboxylic acids is 2. The van der Waals surface area contributed by atoms with E-state index in [1.807, 2.05) is 0 Å². The second-order valence-electron chi connectivity index (χ2n) is 6.31. The summed E-state index contributed by atoms with van der Waals surface area (Å²) in [4.78, 5) is 25.2. The molecule has 0 aliphatic carbocycles. The van der Waals surface area contributed by atoms with Crippen LogP contribution < -0.4 is 15.4 Å². The van der Waals surface area contributed by atoms with Gasteiger partial charge in [0.05, 0.1) is 18.5 Å². The van der Waals surface area contributed by atoms with Gasteiger partial charge in [-0.2, -0.15) is 0 Å². The number of methoxy groups -OCH3 is 1.